The first-order valence-corrected chi connectivity index (χ1v) is 26.7. The van der Waals surface area contributed by atoms with E-state index in [-0.39, 0.29) is 24.3 Å². The van der Waals surface area contributed by atoms with Crippen LogP contribution in [0.15, 0.2) is 4.99 Å². The Balaban J connectivity index is 0.0000160. The van der Waals surface area contributed by atoms with Gasteiger partial charge < -0.3 is 27.1 Å². The summed E-state index contributed by atoms with van der Waals surface area (Å²) in [6.07, 6.45) is 5.78. The van der Waals surface area contributed by atoms with E-state index in [1.807, 2.05) is 0 Å². The Hall–Kier alpha value is -0.642. The molecule has 242 valence electrons. The third-order valence-electron chi connectivity index (χ3n) is 6.95. The van der Waals surface area contributed by atoms with Gasteiger partial charge in [-0.05, 0) is 101 Å². The molecule has 0 bridgehead atoms. The van der Waals surface area contributed by atoms with Gasteiger partial charge in [-0.1, -0.05) is 35.1 Å². The summed E-state index contributed by atoms with van der Waals surface area (Å²) in [6, 6.07) is 0.992. The number of carbonyl (C=O) groups is 1. The topological polar surface area (TPSA) is 105 Å². The molecule has 9 nitrogen and oxygen atoms in total. The molecule has 1 rings (SSSR count). The minimum absolute atomic E-state index is 0. The van der Waals surface area contributed by atoms with Crippen LogP contribution in [0.1, 0.15) is 67.2 Å². The largest absolute Gasteiger partial charge is 0.450 e. The summed E-state index contributed by atoms with van der Waals surface area (Å²) in [4.78, 5) is 27.1. The molecule has 1 saturated carbocycles. The zero-order valence-electron chi connectivity index (χ0n) is 27.5. The fraction of sp³-hybridized carbons (Fsp3) is 0.929. The number of hydrogen-bond acceptors (Lipinski definition) is 8. The SMILES string of the molecule is C.CC[Si](C)(C)O[Si](C)(C)O[Si](C)(COCCCCOC(=O)NC[C@@]1(C)CC(N=C=O)CC(C)(C)C1)O[Si](C)(C)C. The Morgan fingerprint density at radius 3 is 2.12 bits per heavy atom. The lowest BCUT2D eigenvalue weighted by molar-refractivity contribution is 0.0775. The Labute approximate surface area is 255 Å². The molecule has 0 spiro atoms. The van der Waals surface area contributed by atoms with Gasteiger partial charge >= 0.3 is 23.2 Å². The zero-order chi connectivity index (χ0) is 30.9. The monoisotopic (exact) mass is 650 g/mol. The summed E-state index contributed by atoms with van der Waals surface area (Å²) < 4.78 is 31.3. The van der Waals surface area contributed by atoms with Gasteiger partial charge in [0.25, 0.3) is 0 Å². The number of carbonyl (C=O) groups excluding carboxylic acids is 2. The molecule has 1 aliphatic rings. The van der Waals surface area contributed by atoms with Crippen molar-refractivity contribution < 1.29 is 31.4 Å². The molecule has 0 heterocycles. The van der Waals surface area contributed by atoms with Crippen molar-refractivity contribution in [1.82, 2.24) is 5.32 Å². The Kier molecular flexibility index (Phi) is 16.2. The van der Waals surface area contributed by atoms with E-state index in [0.29, 0.717) is 32.4 Å². The minimum Gasteiger partial charge on any atom is -0.450 e. The lowest BCUT2D eigenvalue weighted by atomic mass is 9.63. The Bertz CT molecular complexity index is 863. The second-order valence-electron chi connectivity index (χ2n) is 14.7. The van der Waals surface area contributed by atoms with Gasteiger partial charge in [0, 0.05) is 13.2 Å². The molecule has 0 aromatic carbocycles. The van der Waals surface area contributed by atoms with Gasteiger partial charge in [0.1, 0.15) is 0 Å². The highest BCUT2D eigenvalue weighted by molar-refractivity contribution is 6.89. The zero-order valence-corrected chi connectivity index (χ0v) is 31.5. The predicted molar refractivity (Wildman–Crippen MR) is 177 cm³/mol. The second kappa shape index (κ2) is 16.4. The van der Waals surface area contributed by atoms with E-state index in [0.717, 1.165) is 31.7 Å². The third kappa shape index (κ3) is 17.3. The molecule has 3 atom stereocenters. The standard InChI is InChI=1S/C27H58N2O7Si4.CH4/c1-13-38(8,9)35-39(10,11)36-40(12,34-37(5,6)7)23-32-16-14-15-17-33-25(31)28-21-27(4)19-24(29-22-30)18-26(2,3)20-27;/h24H,13-21,23H2,1-12H3,(H,28,31);1H4/t24?,27-,40?;/m0./s1. The number of aliphatic imine (C=N–C) groups is 1. The van der Waals surface area contributed by atoms with E-state index in [1.165, 1.54) is 0 Å². The van der Waals surface area contributed by atoms with Gasteiger partial charge in [-0.2, -0.15) is 0 Å². The van der Waals surface area contributed by atoms with E-state index in [9.17, 15) is 9.59 Å². The van der Waals surface area contributed by atoms with Crippen molar-refractivity contribution in [2.75, 3.05) is 26.0 Å². The van der Waals surface area contributed by atoms with Crippen LogP contribution in [0.25, 0.3) is 0 Å². The first kappa shape index (κ1) is 40.4. The summed E-state index contributed by atoms with van der Waals surface area (Å²) in [7, 11) is -8.58. The van der Waals surface area contributed by atoms with Crippen molar-refractivity contribution in [3.05, 3.63) is 0 Å². The normalized spacial score (nSPS) is 22.6. The van der Waals surface area contributed by atoms with Gasteiger partial charge in [-0.25, -0.2) is 14.6 Å². The average molecular weight is 651 g/mol. The maximum absolute atomic E-state index is 12.3. The van der Waals surface area contributed by atoms with Crippen molar-refractivity contribution in [3.63, 3.8) is 0 Å². The van der Waals surface area contributed by atoms with Crippen molar-refractivity contribution in [2.24, 2.45) is 15.8 Å². The van der Waals surface area contributed by atoms with E-state index >= 15 is 0 Å². The number of isocyanates is 1. The fourth-order valence-corrected chi connectivity index (χ4v) is 23.3. The summed E-state index contributed by atoms with van der Waals surface area (Å²) in [5, 5.41) is 2.92. The van der Waals surface area contributed by atoms with Crippen molar-refractivity contribution in [3.8, 4) is 0 Å². The summed E-state index contributed by atoms with van der Waals surface area (Å²) >= 11 is 0. The molecule has 0 aromatic heterocycles. The van der Waals surface area contributed by atoms with Crippen LogP contribution in [0.2, 0.25) is 58.4 Å². The lowest BCUT2D eigenvalue weighted by Crippen LogP contribution is -2.59. The van der Waals surface area contributed by atoms with Crippen molar-refractivity contribution in [1.29, 1.82) is 0 Å². The van der Waals surface area contributed by atoms with Gasteiger partial charge in [-0.15, -0.1) is 0 Å². The number of nitrogens with one attached hydrogen (secondary N) is 1. The molecule has 0 saturated heterocycles. The van der Waals surface area contributed by atoms with Crippen LogP contribution in [0, 0.1) is 10.8 Å². The van der Waals surface area contributed by atoms with Gasteiger partial charge in [0.2, 0.25) is 6.08 Å². The number of rotatable bonds is 17. The molecule has 2 unspecified atom stereocenters. The van der Waals surface area contributed by atoms with Gasteiger partial charge in [0.15, 0.2) is 16.6 Å². The van der Waals surface area contributed by atoms with E-state index in [2.05, 4.69) is 90.4 Å². The molecule has 0 aromatic rings. The number of nitrogens with zero attached hydrogens (tertiary/aromatic N) is 1. The summed E-state index contributed by atoms with van der Waals surface area (Å²) in [5.74, 6) is 0. The van der Waals surface area contributed by atoms with Crippen LogP contribution in [0.3, 0.4) is 0 Å². The molecular formula is C28H62N2O7Si4. The Morgan fingerprint density at radius 2 is 1.56 bits per heavy atom. The smallest absolute Gasteiger partial charge is 0.407 e. The molecule has 1 aliphatic carbocycles. The number of ether oxygens (including phenoxy) is 2. The maximum Gasteiger partial charge on any atom is 0.407 e. The minimum atomic E-state index is -2.60. The molecule has 0 radical (unpaired) electrons. The van der Waals surface area contributed by atoms with Crippen molar-refractivity contribution in [2.45, 2.75) is 132 Å². The number of unbranched alkanes of at least 4 members (excludes halogenated alkanes) is 1. The highest BCUT2D eigenvalue weighted by atomic mass is 28.5. The predicted octanol–water partition coefficient (Wildman–Crippen LogP) is 7.49. The molecule has 0 aliphatic heterocycles. The number of alkyl carbamates (subject to hydrolysis) is 1. The molecular weight excluding hydrogens is 589 g/mol. The summed E-state index contributed by atoms with van der Waals surface area (Å²) in [5.41, 5.74) is -0.0976. The molecule has 13 heteroatoms. The lowest BCUT2D eigenvalue weighted by Gasteiger charge is -2.45. The first-order valence-electron chi connectivity index (χ1n) is 14.8. The van der Waals surface area contributed by atoms with E-state index < -0.39 is 39.8 Å². The van der Waals surface area contributed by atoms with Crippen LogP contribution in [-0.4, -0.2) is 78.0 Å². The quantitative estimate of drug-likeness (QED) is 0.0753. The average Bonchev–Trinajstić information content (AvgIpc) is 2.73. The Morgan fingerprint density at radius 1 is 0.951 bits per heavy atom. The van der Waals surface area contributed by atoms with Crippen LogP contribution in [-0.2, 0) is 26.6 Å². The van der Waals surface area contributed by atoms with Crippen LogP contribution in [0.5, 0.6) is 0 Å². The second-order valence-corrected chi connectivity index (χ2v) is 31.0. The highest BCUT2D eigenvalue weighted by Gasteiger charge is 2.45. The van der Waals surface area contributed by atoms with Crippen LogP contribution >= 0.6 is 0 Å². The molecule has 1 amide bonds. The van der Waals surface area contributed by atoms with Crippen LogP contribution in [0.4, 0.5) is 4.79 Å². The first-order chi connectivity index (χ1) is 18.1. The maximum atomic E-state index is 12.3. The van der Waals surface area contributed by atoms with Gasteiger partial charge in [-0.3, -0.25) is 0 Å². The molecule has 1 N–H and O–H groups in total. The number of amides is 1. The van der Waals surface area contributed by atoms with Crippen LogP contribution < -0.4 is 5.32 Å². The van der Waals surface area contributed by atoms with E-state index in [4.69, 9.17) is 21.8 Å². The number of hydrogen-bond donors (Lipinski definition) is 1. The molecule has 1 fully saturated rings. The summed E-state index contributed by atoms with van der Waals surface area (Å²) in [6.45, 7) is 27.4. The van der Waals surface area contributed by atoms with Crippen molar-refractivity contribution >= 4 is 45.9 Å². The fourth-order valence-electron chi connectivity index (χ4n) is 5.95. The van der Waals surface area contributed by atoms with E-state index in [1.54, 1.807) is 6.08 Å². The highest BCUT2D eigenvalue weighted by Crippen LogP contribution is 2.46. The molecule has 41 heavy (non-hydrogen) atoms. The third-order valence-corrected chi connectivity index (χ3v) is 21.4. The van der Waals surface area contributed by atoms with Gasteiger partial charge in [0.05, 0.1) is 18.9 Å².